The number of hydrogen-bond acceptors (Lipinski definition) is 3. The van der Waals surface area contributed by atoms with E-state index >= 15 is 0 Å². The monoisotopic (exact) mass is 232 g/mol. The van der Waals surface area contributed by atoms with E-state index in [1.165, 1.54) is 5.56 Å². The van der Waals surface area contributed by atoms with Crippen molar-refractivity contribution < 1.29 is 4.74 Å². The Morgan fingerprint density at radius 1 is 1.12 bits per heavy atom. The molecule has 3 rings (SSSR count). The molecule has 0 bridgehead atoms. The Hall–Kier alpha value is -1.61. The summed E-state index contributed by atoms with van der Waals surface area (Å²) in [5.74, 6) is 0.930. The fourth-order valence-corrected chi connectivity index (χ4v) is 1.98. The van der Waals surface area contributed by atoms with E-state index in [-0.39, 0.29) is 0 Å². The zero-order valence-electron chi connectivity index (χ0n) is 8.48. The fourth-order valence-electron chi connectivity index (χ4n) is 1.88. The van der Waals surface area contributed by atoms with Gasteiger partial charge in [0.15, 0.2) is 5.15 Å². The van der Waals surface area contributed by atoms with E-state index in [4.69, 9.17) is 16.3 Å². The summed E-state index contributed by atoms with van der Waals surface area (Å²) in [4.78, 5) is 0. The first kappa shape index (κ1) is 9.60. The Morgan fingerprint density at radius 2 is 2.06 bits per heavy atom. The molecule has 0 N–H and O–H groups in total. The van der Waals surface area contributed by atoms with Crippen molar-refractivity contribution in [3.05, 3.63) is 41.0 Å². The van der Waals surface area contributed by atoms with Gasteiger partial charge in [-0.1, -0.05) is 23.7 Å². The van der Waals surface area contributed by atoms with Crippen LogP contribution in [0.3, 0.4) is 0 Å². The van der Waals surface area contributed by atoms with Crippen molar-refractivity contribution >= 4 is 11.6 Å². The van der Waals surface area contributed by atoms with E-state index in [1.807, 2.05) is 18.2 Å². The van der Waals surface area contributed by atoms with Crippen LogP contribution < -0.4 is 4.74 Å². The number of rotatable bonds is 1. The number of ether oxygens (including phenoxy) is 1. The van der Waals surface area contributed by atoms with E-state index in [0.29, 0.717) is 5.15 Å². The molecule has 0 atom stereocenters. The smallest absolute Gasteiger partial charge is 0.151 e. The molecule has 3 nitrogen and oxygen atoms in total. The van der Waals surface area contributed by atoms with E-state index in [0.717, 1.165) is 30.0 Å². The van der Waals surface area contributed by atoms with Crippen molar-refractivity contribution in [1.82, 2.24) is 10.2 Å². The zero-order chi connectivity index (χ0) is 11.0. The minimum Gasteiger partial charge on any atom is -0.492 e. The molecule has 0 radical (unpaired) electrons. The second kappa shape index (κ2) is 3.76. The van der Waals surface area contributed by atoms with Crippen LogP contribution in [0.15, 0.2) is 30.3 Å². The first-order valence-electron chi connectivity index (χ1n) is 5.09. The Morgan fingerprint density at radius 3 is 2.88 bits per heavy atom. The molecule has 0 saturated carbocycles. The predicted molar refractivity (Wildman–Crippen MR) is 61.7 cm³/mol. The normalized spacial score (nSPS) is 13.3. The first-order chi connectivity index (χ1) is 7.84. The van der Waals surface area contributed by atoms with Gasteiger partial charge in [-0.25, -0.2) is 0 Å². The molecule has 1 aliphatic rings. The quantitative estimate of drug-likeness (QED) is 0.758. The molecule has 1 aliphatic heterocycles. The topological polar surface area (TPSA) is 35.0 Å². The summed E-state index contributed by atoms with van der Waals surface area (Å²) in [6, 6.07) is 9.67. The maximum Gasteiger partial charge on any atom is 0.151 e. The van der Waals surface area contributed by atoms with Crippen molar-refractivity contribution in [2.75, 3.05) is 6.61 Å². The lowest BCUT2D eigenvalue weighted by Gasteiger charge is -2.06. The van der Waals surface area contributed by atoms with Crippen LogP contribution in [0.5, 0.6) is 5.75 Å². The first-order valence-corrected chi connectivity index (χ1v) is 5.47. The molecule has 0 saturated heterocycles. The fraction of sp³-hybridized carbons (Fsp3) is 0.167. The van der Waals surface area contributed by atoms with Gasteiger partial charge in [-0.3, -0.25) is 0 Å². The molecule has 1 aromatic heterocycles. The van der Waals surface area contributed by atoms with E-state index in [2.05, 4.69) is 16.3 Å². The van der Waals surface area contributed by atoms with Gasteiger partial charge in [0.25, 0.3) is 0 Å². The highest BCUT2D eigenvalue weighted by atomic mass is 35.5. The summed E-state index contributed by atoms with van der Waals surface area (Å²) >= 11 is 5.71. The number of aromatic nitrogens is 2. The van der Waals surface area contributed by atoms with Crippen LogP contribution in [0.1, 0.15) is 5.56 Å². The van der Waals surface area contributed by atoms with Crippen LogP contribution >= 0.6 is 11.6 Å². The molecular weight excluding hydrogens is 224 g/mol. The molecule has 2 heterocycles. The second-order valence-corrected chi connectivity index (χ2v) is 4.02. The van der Waals surface area contributed by atoms with Gasteiger partial charge in [-0.2, -0.15) is 0 Å². The van der Waals surface area contributed by atoms with Crippen molar-refractivity contribution in [3.8, 4) is 17.0 Å². The second-order valence-electron chi connectivity index (χ2n) is 3.63. The van der Waals surface area contributed by atoms with Gasteiger partial charge in [0.1, 0.15) is 5.75 Å². The zero-order valence-corrected chi connectivity index (χ0v) is 9.24. The lowest BCUT2D eigenvalue weighted by atomic mass is 10.1. The van der Waals surface area contributed by atoms with Crippen LogP contribution in [0.25, 0.3) is 11.3 Å². The highest BCUT2D eigenvalue weighted by Crippen LogP contribution is 2.35. The number of nitrogens with zero attached hydrogens (tertiary/aromatic N) is 2. The summed E-state index contributed by atoms with van der Waals surface area (Å²) in [6.45, 7) is 0.743. The summed E-state index contributed by atoms with van der Waals surface area (Å²) < 4.78 is 5.61. The molecule has 0 amide bonds. The Labute approximate surface area is 98.0 Å². The summed E-state index contributed by atoms with van der Waals surface area (Å²) in [5, 5.41) is 8.31. The third-order valence-electron chi connectivity index (χ3n) is 2.62. The molecule has 0 aliphatic carbocycles. The van der Waals surface area contributed by atoms with Crippen molar-refractivity contribution in [2.45, 2.75) is 6.42 Å². The summed E-state index contributed by atoms with van der Waals surface area (Å²) in [5.41, 5.74) is 3.01. The number of halogens is 1. The molecule has 0 spiro atoms. The van der Waals surface area contributed by atoms with Crippen LogP contribution in [-0.4, -0.2) is 16.8 Å². The number of benzene rings is 1. The highest BCUT2D eigenvalue weighted by molar-refractivity contribution is 6.29. The summed E-state index contributed by atoms with van der Waals surface area (Å²) in [7, 11) is 0. The van der Waals surface area contributed by atoms with E-state index in [9.17, 15) is 0 Å². The molecule has 1 aromatic carbocycles. The van der Waals surface area contributed by atoms with Crippen LogP contribution in [0, 0.1) is 0 Å². The molecular formula is C12H9ClN2O. The van der Waals surface area contributed by atoms with Crippen LogP contribution in [0.2, 0.25) is 5.15 Å². The van der Waals surface area contributed by atoms with Gasteiger partial charge in [0, 0.05) is 12.0 Å². The SMILES string of the molecule is Clc1ccc(-c2cccc3c2OCC3)nn1. The van der Waals surface area contributed by atoms with Gasteiger partial charge in [-0.15, -0.1) is 10.2 Å². The molecule has 80 valence electrons. The molecule has 0 fully saturated rings. The maximum absolute atomic E-state index is 5.71. The van der Waals surface area contributed by atoms with Gasteiger partial charge < -0.3 is 4.74 Å². The highest BCUT2D eigenvalue weighted by Gasteiger charge is 2.17. The van der Waals surface area contributed by atoms with Crippen LogP contribution in [0.4, 0.5) is 0 Å². The molecule has 4 heteroatoms. The maximum atomic E-state index is 5.71. The van der Waals surface area contributed by atoms with Gasteiger partial charge >= 0.3 is 0 Å². The van der Waals surface area contributed by atoms with Gasteiger partial charge in [0.2, 0.25) is 0 Å². The average molecular weight is 233 g/mol. The molecule has 16 heavy (non-hydrogen) atoms. The third-order valence-corrected chi connectivity index (χ3v) is 2.82. The third kappa shape index (κ3) is 1.53. The lowest BCUT2D eigenvalue weighted by Crippen LogP contribution is -1.91. The van der Waals surface area contributed by atoms with Crippen LogP contribution in [-0.2, 0) is 6.42 Å². The van der Waals surface area contributed by atoms with Crippen molar-refractivity contribution in [1.29, 1.82) is 0 Å². The molecule has 2 aromatic rings. The average Bonchev–Trinajstić information content (AvgIpc) is 2.78. The van der Waals surface area contributed by atoms with Crippen molar-refractivity contribution in [3.63, 3.8) is 0 Å². The number of fused-ring (bicyclic) bond motifs is 1. The Kier molecular flexibility index (Phi) is 2.26. The lowest BCUT2D eigenvalue weighted by molar-refractivity contribution is 0.358. The molecule has 0 unspecified atom stereocenters. The summed E-state index contributed by atoms with van der Waals surface area (Å²) in [6.07, 6.45) is 0.962. The largest absolute Gasteiger partial charge is 0.492 e. The predicted octanol–water partition coefficient (Wildman–Crippen LogP) is 2.73. The van der Waals surface area contributed by atoms with E-state index < -0.39 is 0 Å². The van der Waals surface area contributed by atoms with Gasteiger partial charge in [-0.05, 0) is 23.8 Å². The number of para-hydroxylation sites is 1. The minimum atomic E-state index is 0.400. The van der Waals surface area contributed by atoms with Crippen molar-refractivity contribution in [2.24, 2.45) is 0 Å². The Bertz CT molecular complexity index is 525. The Balaban J connectivity index is 2.13. The minimum absolute atomic E-state index is 0.400. The number of hydrogen-bond donors (Lipinski definition) is 0. The standard InChI is InChI=1S/C12H9ClN2O/c13-11-5-4-10(14-15-11)9-3-1-2-8-6-7-16-12(8)9/h1-5H,6-7H2. The van der Waals surface area contributed by atoms with E-state index in [1.54, 1.807) is 6.07 Å². The van der Waals surface area contributed by atoms with Gasteiger partial charge in [0.05, 0.1) is 12.3 Å².